The van der Waals surface area contributed by atoms with E-state index < -0.39 is 89.6 Å². The minimum atomic E-state index is -1.35. The fourth-order valence-electron chi connectivity index (χ4n) is 7.97. The molecule has 0 aliphatic carbocycles. The smallest absolute Gasteiger partial charge is 0.244 e. The van der Waals surface area contributed by atoms with Crippen molar-refractivity contribution in [2.24, 2.45) is 27.9 Å². The standard InChI is InChI=1S/C51H67N15O8S2/c52-35(21-30-11-3-1-4-12-30)45(69)66-42(28-76)50(74)65-40(24-33-26-56-29-60-33)49(73)63-38(22-31-13-5-2-6-14-31)48(72)62-37(17-9-20-58-51(54)55)47(71)64-39(23-32-25-59-36-16-8-7-15-34(32)36)46(70)57-19-10-18-43(67)61-41(27-75)44(53)68/h1-8,11-16,25-26,29,35,37-42,59,75-76H,9-10,17-24,27-28,52H2,(H2,53,68)(H,56,60)(H,57,70)(H,61,67)(H,62,72)(H,63,73)(H,64,71)(H,65,74)(H,66,69)(H4,54,55,58)/t35-,37-,38+,39-,40-,41-,42-/m0/s1. The molecular weight excluding hydrogens is 1010 g/mol. The number of H-pyrrole nitrogens is 2. The van der Waals surface area contributed by atoms with Crippen molar-refractivity contribution in [1.82, 2.24) is 52.2 Å². The monoisotopic (exact) mass is 1080 g/mol. The quantitative estimate of drug-likeness (QED) is 0.0107. The van der Waals surface area contributed by atoms with E-state index in [-0.39, 0.29) is 81.9 Å². The summed E-state index contributed by atoms with van der Waals surface area (Å²) in [6, 6.07) is 16.9. The molecule has 0 saturated carbocycles. The van der Waals surface area contributed by atoms with Crippen LogP contribution in [0.2, 0.25) is 0 Å². The minimum Gasteiger partial charge on any atom is -0.370 e. The normalized spacial score (nSPS) is 13.8. The van der Waals surface area contributed by atoms with Gasteiger partial charge in [0, 0.05) is 79.3 Å². The molecule has 0 unspecified atom stereocenters. The number of benzene rings is 3. The number of nitrogens with one attached hydrogen (secondary N) is 9. The van der Waals surface area contributed by atoms with Crippen LogP contribution >= 0.6 is 25.3 Å². The number of para-hydroxylation sites is 1. The van der Waals surface area contributed by atoms with E-state index in [0.29, 0.717) is 16.8 Å². The van der Waals surface area contributed by atoms with Gasteiger partial charge in [0.1, 0.15) is 36.3 Å². The number of guanidine groups is 1. The second kappa shape index (κ2) is 30.5. The lowest BCUT2D eigenvalue weighted by Crippen LogP contribution is -2.60. The summed E-state index contributed by atoms with van der Waals surface area (Å²) in [4.78, 5) is 123. The van der Waals surface area contributed by atoms with Crippen LogP contribution in [0.3, 0.4) is 0 Å². The van der Waals surface area contributed by atoms with Gasteiger partial charge in [-0.2, -0.15) is 25.3 Å². The Hall–Kier alpha value is -7.90. The Kier molecular flexibility index (Phi) is 23.6. The number of nitrogens with zero attached hydrogens (tertiary/aromatic N) is 2. The molecule has 7 atom stereocenters. The van der Waals surface area contributed by atoms with Crippen molar-refractivity contribution in [3.8, 4) is 0 Å². The second-order valence-electron chi connectivity index (χ2n) is 17.9. The highest BCUT2D eigenvalue weighted by Crippen LogP contribution is 2.20. The molecule has 0 bridgehead atoms. The van der Waals surface area contributed by atoms with E-state index in [1.54, 1.807) is 36.5 Å². The average Bonchev–Trinajstić information content (AvgIpc) is 4.09. The van der Waals surface area contributed by atoms with E-state index in [4.69, 9.17) is 22.9 Å². The lowest BCUT2D eigenvalue weighted by Gasteiger charge is -2.27. The molecule has 17 N–H and O–H groups in total. The number of fused-ring (bicyclic) bond motifs is 1. The first-order chi connectivity index (χ1) is 36.5. The van der Waals surface area contributed by atoms with Crippen molar-refractivity contribution >= 4 is 89.4 Å². The highest BCUT2D eigenvalue weighted by molar-refractivity contribution is 7.80. The Balaban J connectivity index is 1.37. The lowest BCUT2D eigenvalue weighted by atomic mass is 10.0. The van der Waals surface area contributed by atoms with Crippen LogP contribution in [0.1, 0.15) is 48.1 Å². The molecule has 406 valence electrons. The first-order valence-corrected chi connectivity index (χ1v) is 25.8. The topological polar surface area (TPSA) is 382 Å². The number of thiol groups is 2. The van der Waals surface area contributed by atoms with E-state index in [1.165, 1.54) is 12.5 Å². The van der Waals surface area contributed by atoms with E-state index in [0.717, 1.165) is 16.5 Å². The van der Waals surface area contributed by atoms with Crippen molar-refractivity contribution in [2.75, 3.05) is 24.6 Å². The van der Waals surface area contributed by atoms with Gasteiger partial charge in [0.05, 0.1) is 12.4 Å². The predicted octanol–water partition coefficient (Wildman–Crippen LogP) is -1.31. The third-order valence-corrected chi connectivity index (χ3v) is 12.8. The first kappa shape index (κ1) is 59.0. The van der Waals surface area contributed by atoms with Crippen LogP contribution in [-0.2, 0) is 64.0 Å². The Morgan fingerprint density at radius 1 is 0.579 bits per heavy atom. The summed E-state index contributed by atoms with van der Waals surface area (Å²) in [7, 11) is 0. The Bertz CT molecular complexity index is 2740. The second-order valence-corrected chi connectivity index (χ2v) is 18.6. The largest absolute Gasteiger partial charge is 0.370 e. The summed E-state index contributed by atoms with van der Waals surface area (Å²) >= 11 is 8.35. The number of aliphatic imine (C=N–C) groups is 1. The molecule has 23 nitrogen and oxygen atoms in total. The fraction of sp³-hybridized carbons (Fsp3) is 0.373. The zero-order chi connectivity index (χ0) is 55.0. The molecular formula is C51H67N15O8S2. The Morgan fingerprint density at radius 3 is 1.74 bits per heavy atom. The van der Waals surface area contributed by atoms with Gasteiger partial charge in [-0.1, -0.05) is 78.9 Å². The van der Waals surface area contributed by atoms with Gasteiger partial charge in [0.25, 0.3) is 0 Å². The molecule has 25 heteroatoms. The molecule has 8 amide bonds. The van der Waals surface area contributed by atoms with Crippen LogP contribution in [0.4, 0.5) is 0 Å². The van der Waals surface area contributed by atoms with Gasteiger partial charge in [-0.25, -0.2) is 4.98 Å². The number of aromatic amines is 2. The number of carbonyl (C=O) groups is 8. The molecule has 3 aromatic carbocycles. The molecule has 0 aliphatic heterocycles. The van der Waals surface area contributed by atoms with Crippen molar-refractivity contribution in [3.63, 3.8) is 0 Å². The number of primary amides is 1. The van der Waals surface area contributed by atoms with Gasteiger partial charge in [-0.15, -0.1) is 0 Å². The van der Waals surface area contributed by atoms with Crippen molar-refractivity contribution < 1.29 is 38.4 Å². The molecule has 2 heterocycles. The third-order valence-electron chi connectivity index (χ3n) is 12.0. The molecule has 5 aromatic rings. The molecule has 0 saturated heterocycles. The summed E-state index contributed by atoms with van der Waals surface area (Å²) in [6.07, 6.45) is 4.88. The highest BCUT2D eigenvalue weighted by Gasteiger charge is 2.34. The SMILES string of the molecule is NC(=O)[C@H](CS)NC(=O)CCCNC(=O)[C@H](Cc1c[nH]c2ccccc12)NC(=O)[C@H](CCCN=C(N)N)NC(=O)[C@@H](Cc1ccccc1)NC(=O)[C@H](Cc1cnc[nH]1)NC(=O)[C@H](CS)NC(=O)[C@@H](N)Cc1ccccc1. The van der Waals surface area contributed by atoms with Crippen molar-refractivity contribution in [2.45, 2.75) is 93.7 Å². The van der Waals surface area contributed by atoms with Gasteiger partial charge >= 0.3 is 0 Å². The van der Waals surface area contributed by atoms with Crippen LogP contribution in [0, 0.1) is 0 Å². The van der Waals surface area contributed by atoms with Crippen LogP contribution < -0.4 is 60.2 Å². The maximum Gasteiger partial charge on any atom is 0.244 e. The molecule has 0 spiro atoms. The molecule has 0 radical (unpaired) electrons. The summed E-state index contributed by atoms with van der Waals surface area (Å²) < 4.78 is 0. The predicted molar refractivity (Wildman–Crippen MR) is 293 cm³/mol. The summed E-state index contributed by atoms with van der Waals surface area (Å²) in [5.41, 5.74) is 26.1. The number of carbonyl (C=O) groups excluding carboxylic acids is 8. The van der Waals surface area contributed by atoms with E-state index >= 15 is 0 Å². The number of aromatic nitrogens is 3. The summed E-state index contributed by atoms with van der Waals surface area (Å²) in [5.74, 6) is -5.84. The molecule has 0 fully saturated rings. The zero-order valence-electron chi connectivity index (χ0n) is 41.7. The average molecular weight is 1080 g/mol. The minimum absolute atomic E-state index is 0.00536. The zero-order valence-corrected chi connectivity index (χ0v) is 43.5. The first-order valence-electron chi connectivity index (χ1n) is 24.6. The number of imidazole rings is 1. The number of nitrogens with two attached hydrogens (primary N) is 4. The molecule has 0 aliphatic rings. The maximum atomic E-state index is 14.7. The maximum absolute atomic E-state index is 14.7. The Labute approximate surface area is 450 Å². The van der Waals surface area contributed by atoms with Gasteiger partial charge < -0.3 is 70.1 Å². The summed E-state index contributed by atoms with van der Waals surface area (Å²) in [6.45, 7) is 0.0949. The van der Waals surface area contributed by atoms with Gasteiger partial charge in [0.2, 0.25) is 47.3 Å². The fourth-order valence-corrected chi connectivity index (χ4v) is 8.49. The van der Waals surface area contributed by atoms with E-state index in [9.17, 15) is 38.4 Å². The van der Waals surface area contributed by atoms with E-state index in [2.05, 4.69) is 82.4 Å². The van der Waals surface area contributed by atoms with Crippen LogP contribution in [0.25, 0.3) is 10.9 Å². The van der Waals surface area contributed by atoms with Gasteiger partial charge in [0.15, 0.2) is 5.96 Å². The van der Waals surface area contributed by atoms with E-state index in [1.807, 2.05) is 54.6 Å². The number of amides is 8. The third kappa shape index (κ3) is 19.1. The van der Waals surface area contributed by atoms with Crippen LogP contribution in [0.15, 0.2) is 109 Å². The van der Waals surface area contributed by atoms with Crippen molar-refractivity contribution in [1.29, 1.82) is 0 Å². The lowest BCUT2D eigenvalue weighted by molar-refractivity contribution is -0.135. The highest BCUT2D eigenvalue weighted by atomic mass is 32.1. The molecule has 76 heavy (non-hydrogen) atoms. The van der Waals surface area contributed by atoms with Gasteiger partial charge in [-0.3, -0.25) is 43.3 Å². The number of hydrogen-bond acceptors (Lipinski definition) is 13. The molecule has 5 rings (SSSR count). The van der Waals surface area contributed by atoms with Crippen LogP contribution in [-0.4, -0.2) is 135 Å². The molecule has 2 aromatic heterocycles. The van der Waals surface area contributed by atoms with Gasteiger partial charge in [-0.05, 0) is 48.4 Å². The number of hydrogen-bond donors (Lipinski definition) is 15. The summed E-state index contributed by atoms with van der Waals surface area (Å²) in [5, 5.41) is 19.8. The number of rotatable bonds is 31. The van der Waals surface area contributed by atoms with Crippen molar-refractivity contribution in [3.05, 3.63) is 126 Å². The Morgan fingerprint density at radius 2 is 1.13 bits per heavy atom. The van der Waals surface area contributed by atoms with Crippen LogP contribution in [0.5, 0.6) is 0 Å².